The first-order chi connectivity index (χ1) is 5.79. The molecule has 0 aliphatic carbocycles. The molecule has 3 heteroatoms. The summed E-state index contributed by atoms with van der Waals surface area (Å²) in [7, 11) is 0. The zero-order valence-corrected chi connectivity index (χ0v) is 9.71. The minimum atomic E-state index is 0. The predicted octanol–water partition coefficient (Wildman–Crippen LogP) is 2.48. The van der Waals surface area contributed by atoms with Gasteiger partial charge >= 0.3 is 0 Å². The average molecular weight is 206 g/mol. The molecule has 0 amide bonds. The minimum absolute atomic E-state index is 0. The second kappa shape index (κ2) is 7.65. The molecule has 0 aromatic carbocycles. The molecule has 2 aliphatic rings. The van der Waals surface area contributed by atoms with Gasteiger partial charge in [0.1, 0.15) is 0 Å². The van der Waals surface area contributed by atoms with E-state index in [0.29, 0.717) is 12.2 Å². The molecule has 2 fully saturated rings. The van der Waals surface area contributed by atoms with Gasteiger partial charge in [-0.2, -0.15) is 13.5 Å². The topological polar surface area (TPSA) is 18.5 Å². The van der Waals surface area contributed by atoms with Crippen LogP contribution in [0.3, 0.4) is 0 Å². The SMILES string of the molecule is CC1CCCO1.CC1CCCO1.S. The third kappa shape index (κ3) is 6.36. The predicted molar refractivity (Wildman–Crippen MR) is 59.7 cm³/mol. The first-order valence-electron chi connectivity index (χ1n) is 5.02. The summed E-state index contributed by atoms with van der Waals surface area (Å²) in [5, 5.41) is 0. The van der Waals surface area contributed by atoms with E-state index in [1.807, 2.05) is 0 Å². The molecule has 2 saturated heterocycles. The van der Waals surface area contributed by atoms with Gasteiger partial charge in [0.15, 0.2) is 0 Å². The minimum Gasteiger partial charge on any atom is -0.379 e. The molecule has 0 saturated carbocycles. The van der Waals surface area contributed by atoms with Gasteiger partial charge in [0, 0.05) is 13.2 Å². The Kier molecular flexibility index (Phi) is 7.81. The zero-order valence-electron chi connectivity index (χ0n) is 8.71. The molecular weight excluding hydrogens is 184 g/mol. The summed E-state index contributed by atoms with van der Waals surface area (Å²) in [5.41, 5.74) is 0. The molecule has 0 N–H and O–H groups in total. The first-order valence-corrected chi connectivity index (χ1v) is 5.02. The van der Waals surface area contributed by atoms with E-state index in [4.69, 9.17) is 9.47 Å². The van der Waals surface area contributed by atoms with Crippen molar-refractivity contribution < 1.29 is 9.47 Å². The van der Waals surface area contributed by atoms with Crippen molar-refractivity contribution in [2.75, 3.05) is 13.2 Å². The second-order valence-electron chi connectivity index (χ2n) is 3.65. The summed E-state index contributed by atoms with van der Waals surface area (Å²) in [6.07, 6.45) is 6.15. The lowest BCUT2D eigenvalue weighted by molar-refractivity contribution is 0.125. The molecule has 0 bridgehead atoms. The van der Waals surface area contributed by atoms with Gasteiger partial charge < -0.3 is 9.47 Å². The van der Waals surface area contributed by atoms with E-state index in [1.165, 1.54) is 25.7 Å². The Morgan fingerprint density at radius 2 is 1.23 bits per heavy atom. The molecular formula is C10H22O2S. The van der Waals surface area contributed by atoms with Gasteiger partial charge in [0.05, 0.1) is 12.2 Å². The van der Waals surface area contributed by atoms with E-state index in [9.17, 15) is 0 Å². The van der Waals surface area contributed by atoms with Crippen LogP contribution in [0.5, 0.6) is 0 Å². The molecule has 0 aromatic heterocycles. The van der Waals surface area contributed by atoms with Crippen LogP contribution in [0.15, 0.2) is 0 Å². The third-order valence-corrected chi connectivity index (χ3v) is 2.31. The van der Waals surface area contributed by atoms with Crippen molar-refractivity contribution in [3.8, 4) is 0 Å². The molecule has 0 spiro atoms. The van der Waals surface area contributed by atoms with Crippen molar-refractivity contribution >= 4 is 13.5 Å². The lowest BCUT2D eigenvalue weighted by atomic mass is 10.3. The fraction of sp³-hybridized carbons (Fsp3) is 1.00. The Morgan fingerprint density at radius 1 is 0.846 bits per heavy atom. The van der Waals surface area contributed by atoms with Gasteiger partial charge in [-0.25, -0.2) is 0 Å². The fourth-order valence-electron chi connectivity index (χ4n) is 1.48. The molecule has 2 heterocycles. The number of hydrogen-bond donors (Lipinski definition) is 0. The summed E-state index contributed by atoms with van der Waals surface area (Å²) >= 11 is 0. The Hall–Kier alpha value is 0.270. The maximum atomic E-state index is 5.15. The van der Waals surface area contributed by atoms with Gasteiger partial charge in [-0.1, -0.05) is 0 Å². The van der Waals surface area contributed by atoms with Crippen molar-refractivity contribution in [1.82, 2.24) is 0 Å². The number of rotatable bonds is 0. The number of ether oxygens (including phenoxy) is 2. The van der Waals surface area contributed by atoms with Crippen LogP contribution in [0.4, 0.5) is 0 Å². The maximum Gasteiger partial charge on any atom is 0.0547 e. The first kappa shape index (κ1) is 13.3. The Balaban J connectivity index is 0.000000206. The Labute approximate surface area is 88.4 Å². The zero-order chi connectivity index (χ0) is 8.81. The third-order valence-electron chi connectivity index (χ3n) is 2.31. The number of hydrogen-bond acceptors (Lipinski definition) is 2. The summed E-state index contributed by atoms with van der Waals surface area (Å²) in [4.78, 5) is 0. The smallest absolute Gasteiger partial charge is 0.0547 e. The highest BCUT2D eigenvalue weighted by Crippen LogP contribution is 2.09. The van der Waals surface area contributed by atoms with Crippen LogP contribution in [0.1, 0.15) is 39.5 Å². The van der Waals surface area contributed by atoms with Gasteiger partial charge in [-0.15, -0.1) is 0 Å². The van der Waals surface area contributed by atoms with E-state index in [2.05, 4.69) is 13.8 Å². The molecule has 80 valence electrons. The van der Waals surface area contributed by atoms with Crippen molar-refractivity contribution in [2.24, 2.45) is 0 Å². The van der Waals surface area contributed by atoms with Crippen molar-refractivity contribution in [2.45, 2.75) is 51.7 Å². The highest BCUT2D eigenvalue weighted by molar-refractivity contribution is 7.59. The Morgan fingerprint density at radius 3 is 1.31 bits per heavy atom. The summed E-state index contributed by atoms with van der Waals surface area (Å²) < 4.78 is 10.3. The standard InChI is InChI=1S/2C5H10O.H2S/c2*1-5-3-2-4-6-5;/h2*5H,2-4H2,1H3;1H2. The van der Waals surface area contributed by atoms with E-state index < -0.39 is 0 Å². The van der Waals surface area contributed by atoms with Crippen LogP contribution in [0.2, 0.25) is 0 Å². The molecule has 2 rings (SSSR count). The second-order valence-corrected chi connectivity index (χ2v) is 3.65. The van der Waals surface area contributed by atoms with Crippen molar-refractivity contribution in [1.29, 1.82) is 0 Å². The van der Waals surface area contributed by atoms with Crippen LogP contribution in [0, 0.1) is 0 Å². The Bertz CT molecular complexity index is 93.5. The summed E-state index contributed by atoms with van der Waals surface area (Å²) in [5.74, 6) is 0. The molecule has 2 nitrogen and oxygen atoms in total. The van der Waals surface area contributed by atoms with Crippen LogP contribution < -0.4 is 0 Å². The van der Waals surface area contributed by atoms with Gasteiger partial charge in [-0.05, 0) is 39.5 Å². The monoisotopic (exact) mass is 206 g/mol. The van der Waals surface area contributed by atoms with Crippen molar-refractivity contribution in [3.05, 3.63) is 0 Å². The summed E-state index contributed by atoms with van der Waals surface area (Å²) in [6, 6.07) is 0. The van der Waals surface area contributed by atoms with E-state index in [-0.39, 0.29) is 13.5 Å². The summed E-state index contributed by atoms with van der Waals surface area (Å²) in [6.45, 7) is 6.21. The van der Waals surface area contributed by atoms with Crippen LogP contribution >= 0.6 is 13.5 Å². The maximum absolute atomic E-state index is 5.15. The van der Waals surface area contributed by atoms with Crippen LogP contribution in [-0.2, 0) is 9.47 Å². The molecule has 2 unspecified atom stereocenters. The quantitative estimate of drug-likeness (QED) is 0.606. The van der Waals surface area contributed by atoms with E-state index in [0.717, 1.165) is 13.2 Å². The van der Waals surface area contributed by atoms with Gasteiger partial charge in [0.2, 0.25) is 0 Å². The highest BCUT2D eigenvalue weighted by atomic mass is 32.1. The molecule has 13 heavy (non-hydrogen) atoms. The average Bonchev–Trinajstić information content (AvgIpc) is 2.63. The van der Waals surface area contributed by atoms with Gasteiger partial charge in [-0.3, -0.25) is 0 Å². The lowest BCUT2D eigenvalue weighted by Crippen LogP contribution is -1.94. The largest absolute Gasteiger partial charge is 0.379 e. The molecule has 0 aromatic rings. The van der Waals surface area contributed by atoms with E-state index >= 15 is 0 Å². The normalized spacial score (nSPS) is 31.8. The van der Waals surface area contributed by atoms with E-state index in [1.54, 1.807) is 0 Å². The van der Waals surface area contributed by atoms with Crippen LogP contribution in [0.25, 0.3) is 0 Å². The molecule has 2 aliphatic heterocycles. The lowest BCUT2D eigenvalue weighted by Gasteiger charge is -1.94. The van der Waals surface area contributed by atoms with Crippen molar-refractivity contribution in [3.63, 3.8) is 0 Å². The van der Waals surface area contributed by atoms with Gasteiger partial charge in [0.25, 0.3) is 0 Å². The highest BCUT2D eigenvalue weighted by Gasteiger charge is 2.07. The fourth-order valence-corrected chi connectivity index (χ4v) is 1.48. The molecule has 2 atom stereocenters. The molecule has 0 radical (unpaired) electrons. The van der Waals surface area contributed by atoms with Crippen LogP contribution in [-0.4, -0.2) is 25.4 Å².